The van der Waals surface area contributed by atoms with Crippen LogP contribution in [0.3, 0.4) is 0 Å². The van der Waals surface area contributed by atoms with Gasteiger partial charge in [0.2, 0.25) is 0 Å². The fraction of sp³-hybridized carbons (Fsp3) is 0.571. The van der Waals surface area contributed by atoms with Crippen LogP contribution in [0.15, 0.2) is 22.7 Å². The number of aliphatic hydroxyl groups excluding tert-OH is 1. The molecule has 1 aromatic carbocycles. The summed E-state index contributed by atoms with van der Waals surface area (Å²) in [5.41, 5.74) is 1.24. The van der Waals surface area contributed by atoms with Gasteiger partial charge in [-0.05, 0) is 31.0 Å². The van der Waals surface area contributed by atoms with E-state index >= 15 is 0 Å². The molecule has 0 bridgehead atoms. The van der Waals surface area contributed by atoms with Crippen molar-refractivity contribution in [2.24, 2.45) is 5.92 Å². The number of methoxy groups -OCH3 is 1. The Morgan fingerprint density at radius 3 is 3.06 bits per heavy atom. The van der Waals surface area contributed by atoms with Gasteiger partial charge in [0.1, 0.15) is 12.3 Å². The van der Waals surface area contributed by atoms with Crippen molar-refractivity contribution in [2.45, 2.75) is 19.4 Å². The molecule has 18 heavy (non-hydrogen) atoms. The topological polar surface area (TPSA) is 33.9 Å². The van der Waals surface area contributed by atoms with Gasteiger partial charge in [-0.1, -0.05) is 15.9 Å². The van der Waals surface area contributed by atoms with E-state index in [9.17, 15) is 5.11 Å². The van der Waals surface area contributed by atoms with E-state index in [1.54, 1.807) is 7.11 Å². The highest BCUT2D eigenvalue weighted by Gasteiger charge is 2.23. The summed E-state index contributed by atoms with van der Waals surface area (Å²) in [4.78, 5) is 1.54. The van der Waals surface area contributed by atoms with Crippen LogP contribution in [0.25, 0.3) is 0 Å². The minimum Gasteiger partial charge on any atom is -0.496 e. The van der Waals surface area contributed by atoms with Crippen molar-refractivity contribution in [1.82, 2.24) is 0 Å². The van der Waals surface area contributed by atoms with Gasteiger partial charge in [0, 0.05) is 16.0 Å². The van der Waals surface area contributed by atoms with Gasteiger partial charge in [0.05, 0.1) is 26.8 Å². The van der Waals surface area contributed by atoms with Gasteiger partial charge in [-0.2, -0.15) is 0 Å². The minimum atomic E-state index is 0.319. The Balaban J connectivity index is 2.06. The molecule has 2 atom stereocenters. The average Bonchev–Trinajstić information content (AvgIpc) is 2.39. The Morgan fingerprint density at radius 1 is 1.50 bits per heavy atom. The summed E-state index contributed by atoms with van der Waals surface area (Å²) in [5.74, 6) is 1.42. The maximum atomic E-state index is 9.27. The van der Waals surface area contributed by atoms with Gasteiger partial charge in [0.25, 0.3) is 0 Å². The summed E-state index contributed by atoms with van der Waals surface area (Å²) in [6.45, 7) is 3.54. The number of ether oxygens (including phenoxy) is 1. The van der Waals surface area contributed by atoms with Crippen LogP contribution in [0.4, 0.5) is 0 Å². The van der Waals surface area contributed by atoms with Gasteiger partial charge in [0.15, 0.2) is 0 Å². The fourth-order valence-corrected chi connectivity index (χ4v) is 3.13. The van der Waals surface area contributed by atoms with Crippen molar-refractivity contribution in [3.63, 3.8) is 0 Å². The highest BCUT2D eigenvalue weighted by molar-refractivity contribution is 9.10. The highest BCUT2D eigenvalue weighted by Crippen LogP contribution is 2.22. The van der Waals surface area contributed by atoms with Crippen LogP contribution in [-0.2, 0) is 6.54 Å². The number of likely N-dealkylation sites (tertiary alicyclic amines) is 1. The maximum Gasteiger partial charge on any atom is 0.127 e. The molecule has 1 saturated heterocycles. The lowest BCUT2D eigenvalue weighted by molar-refractivity contribution is -0.922. The zero-order valence-electron chi connectivity index (χ0n) is 10.8. The van der Waals surface area contributed by atoms with E-state index in [2.05, 4.69) is 22.0 Å². The van der Waals surface area contributed by atoms with E-state index in [1.807, 2.05) is 12.1 Å². The highest BCUT2D eigenvalue weighted by atomic mass is 79.9. The first kappa shape index (κ1) is 13.8. The van der Waals surface area contributed by atoms with Gasteiger partial charge in [-0.25, -0.2) is 0 Å². The summed E-state index contributed by atoms with van der Waals surface area (Å²) in [7, 11) is 1.72. The Labute approximate surface area is 117 Å². The molecule has 0 radical (unpaired) electrons. The molecule has 1 fully saturated rings. The predicted octanol–water partition coefficient (Wildman–Crippen LogP) is 1.24. The van der Waals surface area contributed by atoms with Crippen LogP contribution in [0, 0.1) is 5.92 Å². The number of piperidine rings is 1. The summed E-state index contributed by atoms with van der Waals surface area (Å²) in [5, 5.41) is 9.27. The Hall–Kier alpha value is -0.580. The average molecular weight is 315 g/mol. The van der Waals surface area contributed by atoms with Crippen molar-refractivity contribution < 1.29 is 14.7 Å². The van der Waals surface area contributed by atoms with Crippen molar-refractivity contribution in [3.05, 3.63) is 28.2 Å². The first-order chi connectivity index (χ1) is 8.72. The number of halogens is 1. The van der Waals surface area contributed by atoms with E-state index in [0.29, 0.717) is 12.5 Å². The zero-order valence-corrected chi connectivity index (χ0v) is 12.4. The number of hydrogen-bond donors (Lipinski definition) is 2. The van der Waals surface area contributed by atoms with Crippen molar-refractivity contribution in [1.29, 1.82) is 0 Å². The Morgan fingerprint density at radius 2 is 2.33 bits per heavy atom. The molecule has 0 aromatic heterocycles. The van der Waals surface area contributed by atoms with Gasteiger partial charge in [-0.15, -0.1) is 0 Å². The van der Waals surface area contributed by atoms with Crippen LogP contribution in [0.1, 0.15) is 18.4 Å². The van der Waals surface area contributed by atoms with Crippen molar-refractivity contribution in [2.75, 3.05) is 26.8 Å². The van der Waals surface area contributed by atoms with Crippen LogP contribution in [0.2, 0.25) is 0 Å². The van der Waals surface area contributed by atoms with Crippen LogP contribution in [0.5, 0.6) is 5.75 Å². The molecule has 0 saturated carbocycles. The quantitative estimate of drug-likeness (QED) is 0.877. The summed E-state index contributed by atoms with van der Waals surface area (Å²) in [6.07, 6.45) is 2.37. The Bertz CT molecular complexity index is 397. The molecule has 1 aromatic rings. The Kier molecular flexibility index (Phi) is 5.03. The van der Waals surface area contributed by atoms with Gasteiger partial charge < -0.3 is 14.7 Å². The summed E-state index contributed by atoms with van der Waals surface area (Å²) >= 11 is 3.51. The molecule has 3 nitrogen and oxygen atoms in total. The normalized spacial score (nSPS) is 23.9. The molecule has 100 valence electrons. The monoisotopic (exact) mass is 314 g/mol. The molecule has 4 heteroatoms. The largest absolute Gasteiger partial charge is 0.496 e. The van der Waals surface area contributed by atoms with E-state index in [1.165, 1.54) is 23.4 Å². The second-order valence-electron chi connectivity index (χ2n) is 5.03. The second-order valence-corrected chi connectivity index (χ2v) is 5.94. The third-order valence-corrected chi connectivity index (χ3v) is 4.15. The van der Waals surface area contributed by atoms with E-state index in [-0.39, 0.29) is 0 Å². The first-order valence-corrected chi connectivity index (χ1v) is 7.29. The number of aliphatic hydroxyl groups is 1. The lowest BCUT2D eigenvalue weighted by Crippen LogP contribution is -3.12. The number of quaternary nitrogens is 1. The third kappa shape index (κ3) is 3.46. The van der Waals surface area contributed by atoms with Crippen molar-refractivity contribution in [3.8, 4) is 5.75 Å². The van der Waals surface area contributed by atoms with Crippen LogP contribution < -0.4 is 9.64 Å². The van der Waals surface area contributed by atoms with E-state index in [4.69, 9.17) is 4.74 Å². The molecule has 1 aliphatic heterocycles. The smallest absolute Gasteiger partial charge is 0.127 e. The molecule has 1 heterocycles. The van der Waals surface area contributed by atoms with Gasteiger partial charge >= 0.3 is 0 Å². The molecule has 1 unspecified atom stereocenters. The number of benzene rings is 1. The van der Waals surface area contributed by atoms with E-state index in [0.717, 1.165) is 29.7 Å². The van der Waals surface area contributed by atoms with Crippen LogP contribution in [-0.4, -0.2) is 31.9 Å². The first-order valence-electron chi connectivity index (χ1n) is 6.49. The zero-order chi connectivity index (χ0) is 13.0. The molecule has 0 amide bonds. The molecular formula is C14H21BrNO2+. The van der Waals surface area contributed by atoms with Gasteiger partial charge in [-0.3, -0.25) is 0 Å². The molecule has 1 aliphatic rings. The standard InChI is InChI=1S/C14H20BrNO2/c1-18-14-5-4-13(15)7-12(14)9-16-6-2-3-11(8-16)10-17/h4-5,7,11,17H,2-3,6,8-10H2,1H3/p+1/t11-/m0/s1. The number of nitrogens with one attached hydrogen (secondary N) is 1. The molecule has 2 N–H and O–H groups in total. The summed E-state index contributed by atoms with van der Waals surface area (Å²) < 4.78 is 6.50. The third-order valence-electron chi connectivity index (χ3n) is 3.66. The predicted molar refractivity (Wildman–Crippen MR) is 74.9 cm³/mol. The van der Waals surface area contributed by atoms with Crippen LogP contribution >= 0.6 is 15.9 Å². The maximum absolute atomic E-state index is 9.27. The minimum absolute atomic E-state index is 0.319. The lowest BCUT2D eigenvalue weighted by atomic mass is 9.98. The molecule has 2 rings (SSSR count). The van der Waals surface area contributed by atoms with Crippen molar-refractivity contribution >= 4 is 15.9 Å². The number of hydrogen-bond acceptors (Lipinski definition) is 2. The van der Waals surface area contributed by atoms with E-state index < -0.39 is 0 Å². The fourth-order valence-electron chi connectivity index (χ4n) is 2.72. The lowest BCUT2D eigenvalue weighted by Gasteiger charge is -2.29. The molecule has 0 aliphatic carbocycles. The SMILES string of the molecule is COc1ccc(Br)cc1C[NH+]1CCC[C@H](CO)C1. The second kappa shape index (κ2) is 6.55. The summed E-state index contributed by atoms with van der Waals surface area (Å²) in [6, 6.07) is 6.14. The molecule has 0 spiro atoms. The molecular weight excluding hydrogens is 294 g/mol. The number of rotatable bonds is 4.